The average molecular weight is 289 g/mol. The van der Waals surface area contributed by atoms with Gasteiger partial charge in [-0.2, -0.15) is 0 Å². The van der Waals surface area contributed by atoms with Gasteiger partial charge in [-0.1, -0.05) is 35.3 Å². The van der Waals surface area contributed by atoms with E-state index in [0.29, 0.717) is 6.07 Å². The van der Waals surface area contributed by atoms with E-state index < -0.39 is 17.7 Å². The molecule has 5 heteroatoms. The Balaban J connectivity index is 2.51. The van der Waals surface area contributed by atoms with Crippen LogP contribution in [0.1, 0.15) is 17.2 Å². The molecule has 0 saturated carbocycles. The van der Waals surface area contributed by atoms with Gasteiger partial charge in [-0.05, 0) is 18.2 Å². The predicted octanol–water partition coefficient (Wildman–Crippen LogP) is 4.35. The van der Waals surface area contributed by atoms with Crippen LogP contribution >= 0.6 is 23.2 Å². The van der Waals surface area contributed by atoms with Crippen LogP contribution in [0.2, 0.25) is 10.0 Å². The fourth-order valence-corrected chi connectivity index (χ4v) is 2.25. The zero-order valence-corrected chi connectivity index (χ0v) is 10.5. The smallest absolute Gasteiger partial charge is 0.132 e. The van der Waals surface area contributed by atoms with Gasteiger partial charge in [0.05, 0.1) is 0 Å². The molecule has 2 aromatic carbocycles. The van der Waals surface area contributed by atoms with Crippen molar-refractivity contribution in [2.45, 2.75) is 6.10 Å². The van der Waals surface area contributed by atoms with Gasteiger partial charge in [-0.25, -0.2) is 8.78 Å². The summed E-state index contributed by atoms with van der Waals surface area (Å²) in [4.78, 5) is 0. The molecule has 1 N–H and O–H groups in total. The molecule has 1 atom stereocenters. The molecule has 0 aromatic heterocycles. The molecule has 0 spiro atoms. The zero-order valence-electron chi connectivity index (χ0n) is 9.00. The van der Waals surface area contributed by atoms with Crippen LogP contribution in [0.5, 0.6) is 0 Å². The topological polar surface area (TPSA) is 20.2 Å². The number of rotatable bonds is 2. The Hall–Kier alpha value is -1.16. The van der Waals surface area contributed by atoms with E-state index in [4.69, 9.17) is 23.2 Å². The quantitative estimate of drug-likeness (QED) is 0.871. The molecule has 0 aliphatic carbocycles. The average Bonchev–Trinajstić information content (AvgIpc) is 2.28. The van der Waals surface area contributed by atoms with Gasteiger partial charge in [0.25, 0.3) is 0 Å². The number of hydrogen-bond acceptors (Lipinski definition) is 1. The summed E-state index contributed by atoms with van der Waals surface area (Å²) in [6, 6.07) is 7.60. The summed E-state index contributed by atoms with van der Waals surface area (Å²) in [5.41, 5.74) is 0.123. The Bertz CT molecular complexity index is 567. The van der Waals surface area contributed by atoms with Crippen molar-refractivity contribution in [2.24, 2.45) is 0 Å². The molecule has 18 heavy (non-hydrogen) atoms. The molecule has 0 heterocycles. The molecule has 0 radical (unpaired) electrons. The largest absolute Gasteiger partial charge is 0.383 e. The summed E-state index contributed by atoms with van der Waals surface area (Å²) in [5, 5.41) is 10.5. The first-order chi connectivity index (χ1) is 8.50. The maximum atomic E-state index is 13.6. The maximum Gasteiger partial charge on any atom is 0.132 e. The number of aliphatic hydroxyl groups excluding tert-OH is 1. The third-order valence-corrected chi connectivity index (χ3v) is 3.19. The SMILES string of the molecule is OC(c1ccc(F)cc1F)c1c(Cl)cccc1Cl. The van der Waals surface area contributed by atoms with E-state index in [1.165, 1.54) is 12.1 Å². The van der Waals surface area contributed by atoms with Crippen molar-refractivity contribution < 1.29 is 13.9 Å². The van der Waals surface area contributed by atoms with Crippen molar-refractivity contribution in [3.8, 4) is 0 Å². The molecule has 0 aliphatic heterocycles. The van der Waals surface area contributed by atoms with Crippen LogP contribution < -0.4 is 0 Å². The lowest BCUT2D eigenvalue weighted by Gasteiger charge is -2.15. The number of aliphatic hydroxyl groups is 1. The van der Waals surface area contributed by atoms with E-state index >= 15 is 0 Å². The lowest BCUT2D eigenvalue weighted by molar-refractivity contribution is 0.215. The summed E-state index contributed by atoms with van der Waals surface area (Å²) in [6.07, 6.45) is -1.34. The molecular weight excluding hydrogens is 281 g/mol. The molecule has 0 aliphatic rings. The van der Waals surface area contributed by atoms with Crippen molar-refractivity contribution in [2.75, 3.05) is 0 Å². The minimum absolute atomic E-state index is 0.0774. The van der Waals surface area contributed by atoms with E-state index in [1.54, 1.807) is 6.07 Å². The van der Waals surface area contributed by atoms with Crippen LogP contribution in [0.3, 0.4) is 0 Å². The van der Waals surface area contributed by atoms with Crippen LogP contribution in [0.25, 0.3) is 0 Å². The van der Waals surface area contributed by atoms with Crippen molar-refractivity contribution >= 4 is 23.2 Å². The molecular formula is C13H8Cl2F2O. The summed E-state index contributed by atoms with van der Waals surface area (Å²) >= 11 is 11.8. The summed E-state index contributed by atoms with van der Waals surface area (Å²) in [6.45, 7) is 0. The normalized spacial score (nSPS) is 12.5. The van der Waals surface area contributed by atoms with Gasteiger partial charge in [0.2, 0.25) is 0 Å². The molecule has 1 nitrogen and oxygen atoms in total. The van der Waals surface area contributed by atoms with E-state index in [1.807, 2.05) is 0 Å². The van der Waals surface area contributed by atoms with Crippen molar-refractivity contribution in [3.05, 3.63) is 69.2 Å². The fourth-order valence-electron chi connectivity index (χ4n) is 1.65. The van der Waals surface area contributed by atoms with Crippen LogP contribution in [-0.2, 0) is 0 Å². The third kappa shape index (κ3) is 2.48. The molecule has 1 unspecified atom stereocenters. The highest BCUT2D eigenvalue weighted by atomic mass is 35.5. The highest BCUT2D eigenvalue weighted by Gasteiger charge is 2.20. The Kier molecular flexibility index (Phi) is 3.85. The second-order valence-corrected chi connectivity index (χ2v) is 4.52. The lowest BCUT2D eigenvalue weighted by Crippen LogP contribution is -2.04. The first kappa shape index (κ1) is 13.3. The highest BCUT2D eigenvalue weighted by Crippen LogP contribution is 2.34. The second kappa shape index (κ2) is 5.22. The van der Waals surface area contributed by atoms with Gasteiger partial charge in [-0.15, -0.1) is 0 Å². The first-order valence-electron chi connectivity index (χ1n) is 5.07. The predicted molar refractivity (Wildman–Crippen MR) is 66.9 cm³/mol. The van der Waals surface area contributed by atoms with E-state index in [0.717, 1.165) is 12.1 Å². The maximum absolute atomic E-state index is 13.6. The van der Waals surface area contributed by atoms with Gasteiger partial charge < -0.3 is 5.11 Å². The minimum Gasteiger partial charge on any atom is -0.383 e. The Labute approximate surface area is 113 Å². The number of hydrogen-bond donors (Lipinski definition) is 1. The standard InChI is InChI=1S/C13H8Cl2F2O/c14-9-2-1-3-10(15)12(9)13(18)8-5-4-7(16)6-11(8)17/h1-6,13,18H. The highest BCUT2D eigenvalue weighted by molar-refractivity contribution is 6.36. The van der Waals surface area contributed by atoms with Crippen molar-refractivity contribution in [1.29, 1.82) is 0 Å². The van der Waals surface area contributed by atoms with Crippen LogP contribution in [0.15, 0.2) is 36.4 Å². The Morgan fingerprint density at radius 1 is 1.00 bits per heavy atom. The Morgan fingerprint density at radius 2 is 1.61 bits per heavy atom. The summed E-state index contributed by atoms with van der Waals surface area (Å²) < 4.78 is 26.4. The van der Waals surface area contributed by atoms with E-state index in [2.05, 4.69) is 0 Å². The second-order valence-electron chi connectivity index (χ2n) is 3.70. The van der Waals surface area contributed by atoms with Crippen LogP contribution in [0.4, 0.5) is 8.78 Å². The molecule has 0 saturated heterocycles. The van der Waals surface area contributed by atoms with Crippen LogP contribution in [-0.4, -0.2) is 5.11 Å². The molecule has 0 bridgehead atoms. The van der Waals surface area contributed by atoms with Gasteiger partial charge in [-0.3, -0.25) is 0 Å². The number of benzene rings is 2. The molecule has 94 valence electrons. The van der Waals surface area contributed by atoms with E-state index in [-0.39, 0.29) is 21.2 Å². The van der Waals surface area contributed by atoms with Gasteiger partial charge in [0.15, 0.2) is 0 Å². The fraction of sp³-hybridized carbons (Fsp3) is 0.0769. The molecule has 2 rings (SSSR count). The third-order valence-electron chi connectivity index (χ3n) is 2.53. The van der Waals surface area contributed by atoms with Crippen molar-refractivity contribution in [1.82, 2.24) is 0 Å². The van der Waals surface area contributed by atoms with Gasteiger partial charge >= 0.3 is 0 Å². The molecule has 0 fully saturated rings. The molecule has 0 amide bonds. The summed E-state index contributed by atoms with van der Waals surface area (Å²) in [7, 11) is 0. The number of halogens is 4. The zero-order chi connectivity index (χ0) is 13.3. The summed E-state index contributed by atoms with van der Waals surface area (Å²) in [5.74, 6) is -1.56. The Morgan fingerprint density at radius 3 is 2.17 bits per heavy atom. The van der Waals surface area contributed by atoms with E-state index in [9.17, 15) is 13.9 Å². The lowest BCUT2D eigenvalue weighted by atomic mass is 10.0. The van der Waals surface area contributed by atoms with Gasteiger partial charge in [0.1, 0.15) is 17.7 Å². The van der Waals surface area contributed by atoms with Crippen LogP contribution in [0, 0.1) is 11.6 Å². The monoisotopic (exact) mass is 288 g/mol. The first-order valence-corrected chi connectivity index (χ1v) is 5.83. The molecule has 2 aromatic rings. The van der Waals surface area contributed by atoms with Gasteiger partial charge in [0, 0.05) is 27.2 Å². The minimum atomic E-state index is -1.34. The van der Waals surface area contributed by atoms with Crippen molar-refractivity contribution in [3.63, 3.8) is 0 Å².